The summed E-state index contributed by atoms with van der Waals surface area (Å²) in [6, 6.07) is 30.9. The maximum Gasteiger partial charge on any atom is 2.00 e. The number of alkyl halides is 1. The second kappa shape index (κ2) is 29.0. The largest absolute Gasteiger partial charge is 2.00 e. The first kappa shape index (κ1) is 50.7. The van der Waals surface area contributed by atoms with Crippen LogP contribution in [-0.4, -0.2) is 45.0 Å². The van der Waals surface area contributed by atoms with Crippen LogP contribution < -0.4 is 17.0 Å². The molecule has 3 fully saturated rings. The van der Waals surface area contributed by atoms with Crippen molar-refractivity contribution in [2.45, 2.75) is 143 Å². The molecule has 7 rings (SSSR count). The number of fused-ring (bicyclic) bond motifs is 2. The summed E-state index contributed by atoms with van der Waals surface area (Å²) in [6.45, 7) is 9.58. The van der Waals surface area contributed by atoms with E-state index in [1.165, 1.54) is 114 Å². The number of carbonyl (C=O) groups excluding carboxylic acids is 1. The van der Waals surface area contributed by atoms with Crippen molar-refractivity contribution < 1.29 is 21.8 Å². The van der Waals surface area contributed by atoms with Gasteiger partial charge in [0.15, 0.2) is 0 Å². The van der Waals surface area contributed by atoms with Gasteiger partial charge in [-0.2, -0.15) is 6.92 Å². The van der Waals surface area contributed by atoms with E-state index in [4.69, 9.17) is 4.99 Å². The molecule has 0 spiro atoms. The second-order valence-electron chi connectivity index (χ2n) is 14.8. The van der Waals surface area contributed by atoms with E-state index in [0.717, 1.165) is 43.9 Å². The van der Waals surface area contributed by atoms with E-state index in [-0.39, 0.29) is 47.5 Å². The first-order valence-corrected chi connectivity index (χ1v) is 21.9. The summed E-state index contributed by atoms with van der Waals surface area (Å²) >= 11 is 2.42. The summed E-state index contributed by atoms with van der Waals surface area (Å²) in [5.74, 6) is 2.55. The van der Waals surface area contributed by atoms with E-state index in [1.54, 1.807) is 12.6 Å². The predicted molar refractivity (Wildman–Crippen MR) is 245 cm³/mol. The van der Waals surface area contributed by atoms with Gasteiger partial charge < -0.3 is 23.9 Å². The van der Waals surface area contributed by atoms with Gasteiger partial charge in [-0.25, -0.2) is 0 Å². The molecule has 292 valence electrons. The Kier molecular flexibility index (Phi) is 27.3. The van der Waals surface area contributed by atoms with Crippen molar-refractivity contribution >= 4 is 78.7 Å². The van der Waals surface area contributed by atoms with Crippen molar-refractivity contribution in [3.63, 3.8) is 0 Å². The van der Waals surface area contributed by atoms with Gasteiger partial charge in [-0.05, 0) is 115 Å². The summed E-state index contributed by atoms with van der Waals surface area (Å²) in [5, 5.41) is 5.40. The summed E-state index contributed by atoms with van der Waals surface area (Å²) < 4.78 is 1.19. The van der Waals surface area contributed by atoms with Crippen LogP contribution >= 0.6 is 22.6 Å². The van der Waals surface area contributed by atoms with Gasteiger partial charge >= 0.3 is 23.1 Å². The van der Waals surface area contributed by atoms with Gasteiger partial charge in [-0.3, -0.25) is 9.79 Å². The van der Waals surface area contributed by atoms with Crippen molar-refractivity contribution in [2.24, 2.45) is 22.7 Å². The van der Waals surface area contributed by atoms with Crippen LogP contribution in [0.15, 0.2) is 89.9 Å². The summed E-state index contributed by atoms with van der Waals surface area (Å²) in [6.07, 6.45) is 21.2. The number of ketones is 1. The summed E-state index contributed by atoms with van der Waals surface area (Å²) in [7, 11) is 0. The number of halogens is 2. The van der Waals surface area contributed by atoms with Gasteiger partial charge in [0.25, 0.3) is 0 Å². The molecule has 0 heterocycles. The Bertz CT molecular complexity index is 1610. The van der Waals surface area contributed by atoms with Gasteiger partial charge in [-0.1, -0.05) is 161 Å². The third kappa shape index (κ3) is 16.3. The maximum absolute atomic E-state index is 12.1. The smallest absolute Gasteiger partial charge is 1.00 e. The van der Waals surface area contributed by atoms with Crippen LogP contribution in [0.4, 0.5) is 0 Å². The van der Waals surface area contributed by atoms with E-state index in [2.05, 4.69) is 128 Å². The molecule has 5 heteroatoms. The number of aliphatic imine (C=N–C) groups is 1. The molecule has 0 saturated heterocycles. The van der Waals surface area contributed by atoms with Gasteiger partial charge in [0.2, 0.25) is 0 Å². The first-order chi connectivity index (χ1) is 25.1. The number of aryl methyl sites for hydroxylation is 2. The molecule has 0 aromatic heterocycles. The minimum Gasteiger partial charge on any atom is -1.00 e. The Balaban J connectivity index is 0.000000396. The fourth-order valence-corrected chi connectivity index (χ4v) is 8.90. The molecule has 4 aromatic rings. The number of rotatable bonds is 8. The van der Waals surface area contributed by atoms with Crippen molar-refractivity contribution in [3.8, 4) is 0 Å². The standard InChI is InChI=1S/C20H24O.C14H25N.C12H11I.C2H5.CH4.BrH.Mg/c1-2-15-10-13-20(21)18(14-15)12-11-17-8-5-7-16-6-3-4-9-19(16)17;1-2-12-8-10-14(11-9-12)15-13-6-4-3-5-7-13;13-9-8-11-6-3-5-10-4-1-2-7-12(10)11;1-2;;;/h3-9,15,18H,2,10-14H2,1H3;12-13H,2-11H2,1H3;1-7H,8-9H2;1H2,2H3;1H4;1H;/q;;;-1;;;+2/p-1. The maximum atomic E-state index is 12.1. The normalized spacial score (nSPS) is 19.5. The third-order valence-corrected chi connectivity index (χ3v) is 12.1. The molecule has 0 amide bonds. The molecule has 54 heavy (non-hydrogen) atoms. The average Bonchev–Trinajstić information content (AvgIpc) is 3.20. The molecule has 0 aliphatic heterocycles. The number of carbonyl (C=O) groups is 1. The minimum atomic E-state index is 0. The monoisotopic (exact) mass is 917 g/mol. The number of hydrogen-bond donors (Lipinski definition) is 0. The van der Waals surface area contributed by atoms with Crippen molar-refractivity contribution in [2.75, 3.05) is 4.43 Å². The number of hydrogen-bond acceptors (Lipinski definition) is 2. The molecule has 3 aliphatic rings. The summed E-state index contributed by atoms with van der Waals surface area (Å²) in [5.41, 5.74) is 4.40. The van der Waals surface area contributed by atoms with E-state index in [1.807, 2.05) is 0 Å². The Morgan fingerprint density at radius 3 is 1.70 bits per heavy atom. The van der Waals surface area contributed by atoms with E-state index in [9.17, 15) is 4.79 Å². The molecular weight excluding hydrogens is 850 g/mol. The van der Waals surface area contributed by atoms with Gasteiger partial charge in [0, 0.05) is 28.5 Å². The second-order valence-corrected chi connectivity index (χ2v) is 15.9. The van der Waals surface area contributed by atoms with Gasteiger partial charge in [0.1, 0.15) is 5.78 Å². The Morgan fingerprint density at radius 1 is 0.667 bits per heavy atom. The zero-order valence-electron chi connectivity index (χ0n) is 33.1. The molecular formula is C49H69BrIMgNO. The van der Waals surface area contributed by atoms with Crippen LogP contribution in [0.25, 0.3) is 21.5 Å². The van der Waals surface area contributed by atoms with Crippen molar-refractivity contribution in [1.82, 2.24) is 0 Å². The van der Waals surface area contributed by atoms with Crippen LogP contribution in [-0.2, 0) is 17.6 Å². The molecule has 0 bridgehead atoms. The predicted octanol–water partition coefficient (Wildman–Crippen LogP) is 11.4. The molecule has 2 unspecified atom stereocenters. The zero-order chi connectivity index (χ0) is 36.3. The number of benzene rings is 4. The van der Waals surface area contributed by atoms with E-state index >= 15 is 0 Å². The third-order valence-electron chi connectivity index (χ3n) is 11.5. The van der Waals surface area contributed by atoms with Crippen molar-refractivity contribution in [1.29, 1.82) is 0 Å². The van der Waals surface area contributed by atoms with Crippen LogP contribution in [0.3, 0.4) is 0 Å². The quantitative estimate of drug-likeness (QED) is 0.0749. The molecule has 0 radical (unpaired) electrons. The van der Waals surface area contributed by atoms with Gasteiger partial charge in [-0.15, -0.1) is 0 Å². The summed E-state index contributed by atoms with van der Waals surface area (Å²) in [4.78, 5) is 17.1. The van der Waals surface area contributed by atoms with Crippen LogP contribution in [0, 0.1) is 24.7 Å². The Morgan fingerprint density at radius 2 is 1.17 bits per heavy atom. The zero-order valence-corrected chi connectivity index (χ0v) is 38.3. The molecule has 4 aromatic carbocycles. The first-order valence-electron chi connectivity index (χ1n) is 20.4. The van der Waals surface area contributed by atoms with Gasteiger partial charge in [0.05, 0.1) is 0 Å². The Hall–Kier alpha value is -1.28. The van der Waals surface area contributed by atoms with Crippen LogP contribution in [0.5, 0.6) is 0 Å². The van der Waals surface area contributed by atoms with Crippen molar-refractivity contribution in [3.05, 3.63) is 103 Å². The van der Waals surface area contributed by atoms with Crippen LogP contribution in [0.2, 0.25) is 0 Å². The molecule has 2 atom stereocenters. The molecule has 0 N–H and O–H groups in total. The number of Topliss-reactive ketones (excluding diaryl/α,β-unsaturated/α-hetero) is 1. The van der Waals surface area contributed by atoms with Crippen LogP contribution in [0.1, 0.15) is 136 Å². The molecule has 3 saturated carbocycles. The Labute approximate surface area is 371 Å². The van der Waals surface area contributed by atoms with E-state index < -0.39 is 0 Å². The number of nitrogens with zero attached hydrogens (tertiary/aromatic N) is 1. The fraction of sp³-hybridized carbons (Fsp3) is 0.531. The molecule has 2 nitrogen and oxygen atoms in total. The minimum absolute atomic E-state index is 0. The van der Waals surface area contributed by atoms with E-state index in [0.29, 0.717) is 17.7 Å². The SMILES string of the molecule is C.CCC1CCC(=NC2CCCCC2)CC1.CCC1CCC(=O)C(CCc2cccc3ccccc23)C1.ICCc1cccc2ccccc12.[Br-].[CH2-]C.[Mg+2]. The fourth-order valence-electron chi connectivity index (χ4n) is 8.32. The molecule has 3 aliphatic carbocycles. The average molecular weight is 919 g/mol. The topological polar surface area (TPSA) is 29.4 Å².